The lowest BCUT2D eigenvalue weighted by atomic mass is 9.84. The molecular formula is C19H24O2. The van der Waals surface area contributed by atoms with Crippen LogP contribution in [0.4, 0.5) is 0 Å². The van der Waals surface area contributed by atoms with Crippen molar-refractivity contribution in [3.05, 3.63) is 65.8 Å². The molecule has 0 aliphatic rings. The molecule has 0 saturated heterocycles. The van der Waals surface area contributed by atoms with Crippen LogP contribution >= 0.6 is 0 Å². The van der Waals surface area contributed by atoms with E-state index in [9.17, 15) is 9.90 Å². The summed E-state index contributed by atoms with van der Waals surface area (Å²) < 4.78 is 0. The molecular weight excluding hydrogens is 260 g/mol. The van der Waals surface area contributed by atoms with Crippen molar-refractivity contribution >= 4 is 5.78 Å². The molecule has 1 rings (SSSR count). The van der Waals surface area contributed by atoms with Gasteiger partial charge < -0.3 is 5.11 Å². The summed E-state index contributed by atoms with van der Waals surface area (Å²) in [4.78, 5) is 12.2. The van der Waals surface area contributed by atoms with Crippen LogP contribution < -0.4 is 0 Å². The van der Waals surface area contributed by atoms with Crippen LogP contribution in [-0.2, 0) is 0 Å². The predicted octanol–water partition coefficient (Wildman–Crippen LogP) is 5.07. The zero-order valence-electron chi connectivity index (χ0n) is 13.3. The highest BCUT2D eigenvalue weighted by Crippen LogP contribution is 2.28. The Morgan fingerprint density at radius 2 is 1.81 bits per heavy atom. The number of phenols is 1. The van der Waals surface area contributed by atoms with Gasteiger partial charge in [-0.1, -0.05) is 51.2 Å². The van der Waals surface area contributed by atoms with Crippen molar-refractivity contribution in [3.8, 4) is 5.75 Å². The summed E-state index contributed by atoms with van der Waals surface area (Å²) in [6.07, 6.45) is 6.67. The van der Waals surface area contributed by atoms with Crippen LogP contribution in [0.25, 0.3) is 0 Å². The van der Waals surface area contributed by atoms with E-state index in [2.05, 4.69) is 33.4 Å². The molecule has 1 N–H and O–H groups in total. The van der Waals surface area contributed by atoms with Gasteiger partial charge in [-0.05, 0) is 43.0 Å². The zero-order valence-corrected chi connectivity index (χ0v) is 13.3. The Bertz CT molecular complexity index is 567. The smallest absolute Gasteiger partial charge is 0.192 e. The van der Waals surface area contributed by atoms with Gasteiger partial charge in [0, 0.05) is 11.1 Å². The molecule has 112 valence electrons. The fourth-order valence-corrected chi connectivity index (χ4v) is 2.06. The maximum atomic E-state index is 12.2. The van der Waals surface area contributed by atoms with Crippen molar-refractivity contribution in [2.45, 2.75) is 34.1 Å². The third-order valence-corrected chi connectivity index (χ3v) is 3.39. The Hall–Kier alpha value is -2.09. The van der Waals surface area contributed by atoms with Gasteiger partial charge in [0.2, 0.25) is 0 Å². The summed E-state index contributed by atoms with van der Waals surface area (Å²) in [5, 5.41) is 9.23. The van der Waals surface area contributed by atoms with Crippen LogP contribution in [0.2, 0.25) is 0 Å². The maximum absolute atomic E-state index is 12.2. The van der Waals surface area contributed by atoms with Gasteiger partial charge in [0.25, 0.3) is 0 Å². The van der Waals surface area contributed by atoms with Crippen molar-refractivity contribution in [3.63, 3.8) is 0 Å². The second-order valence-corrected chi connectivity index (χ2v) is 6.07. The first-order valence-corrected chi connectivity index (χ1v) is 7.10. The Balaban J connectivity index is 2.71. The monoisotopic (exact) mass is 284 g/mol. The van der Waals surface area contributed by atoms with E-state index in [1.807, 2.05) is 13.0 Å². The molecule has 0 amide bonds. The first-order valence-electron chi connectivity index (χ1n) is 7.10. The molecule has 1 aromatic rings. The second-order valence-electron chi connectivity index (χ2n) is 6.07. The number of carbonyl (C=O) groups excluding carboxylic acids is 1. The van der Waals surface area contributed by atoms with Gasteiger partial charge in [-0.25, -0.2) is 0 Å². The van der Waals surface area contributed by atoms with Gasteiger partial charge in [-0.3, -0.25) is 4.79 Å². The molecule has 0 heterocycles. The topological polar surface area (TPSA) is 37.3 Å². The average Bonchev–Trinajstić information content (AvgIpc) is 2.42. The molecule has 0 bridgehead atoms. The van der Waals surface area contributed by atoms with E-state index in [-0.39, 0.29) is 16.9 Å². The minimum Gasteiger partial charge on any atom is -0.508 e. The summed E-state index contributed by atoms with van der Waals surface area (Å²) in [5.41, 5.74) is 2.43. The number of allylic oxidation sites excluding steroid dienone is 5. The van der Waals surface area contributed by atoms with Crippen molar-refractivity contribution in [1.29, 1.82) is 0 Å². The Morgan fingerprint density at radius 3 is 2.29 bits per heavy atom. The molecule has 2 heteroatoms. The quantitative estimate of drug-likeness (QED) is 0.355. The molecule has 0 aromatic heterocycles. The third-order valence-electron chi connectivity index (χ3n) is 3.39. The lowest BCUT2D eigenvalue weighted by molar-refractivity contribution is 0.103. The number of benzene rings is 1. The highest BCUT2D eigenvalue weighted by atomic mass is 16.3. The summed E-state index contributed by atoms with van der Waals surface area (Å²) in [5.74, 6) is 0.0274. The average molecular weight is 284 g/mol. The Labute approximate surface area is 127 Å². The van der Waals surface area contributed by atoms with Gasteiger partial charge in [0.1, 0.15) is 5.75 Å². The van der Waals surface area contributed by atoms with E-state index in [0.29, 0.717) is 11.1 Å². The minimum atomic E-state index is -0.121. The van der Waals surface area contributed by atoms with Gasteiger partial charge in [-0.15, -0.1) is 0 Å². The molecule has 21 heavy (non-hydrogen) atoms. The summed E-state index contributed by atoms with van der Waals surface area (Å²) in [6.45, 7) is 12.4. The number of Topliss-reactive ketones (excluding diaryl/α,β-unsaturated/α-hetero) is 1. The highest BCUT2D eigenvalue weighted by molar-refractivity contribution is 6.10. The van der Waals surface area contributed by atoms with Crippen molar-refractivity contribution in [1.82, 2.24) is 0 Å². The molecule has 0 unspecified atom stereocenters. The molecule has 0 saturated carbocycles. The third kappa shape index (κ3) is 5.07. The first kappa shape index (κ1) is 17.0. The van der Waals surface area contributed by atoms with Gasteiger partial charge in [0.15, 0.2) is 5.78 Å². The molecule has 0 atom stereocenters. The lowest BCUT2D eigenvalue weighted by Crippen LogP contribution is -2.08. The van der Waals surface area contributed by atoms with Gasteiger partial charge in [0.05, 0.1) is 0 Å². The molecule has 0 fully saturated rings. The Kier molecular flexibility index (Phi) is 5.71. The summed E-state index contributed by atoms with van der Waals surface area (Å²) in [7, 11) is 0. The molecule has 0 aliphatic heterocycles. The van der Waals surface area contributed by atoms with E-state index in [0.717, 1.165) is 6.42 Å². The maximum Gasteiger partial charge on any atom is 0.192 e. The van der Waals surface area contributed by atoms with E-state index in [1.165, 1.54) is 17.7 Å². The minimum absolute atomic E-state index is 0.121. The van der Waals surface area contributed by atoms with Crippen LogP contribution in [0, 0.1) is 5.41 Å². The van der Waals surface area contributed by atoms with Gasteiger partial charge >= 0.3 is 0 Å². The van der Waals surface area contributed by atoms with Crippen LogP contribution in [0.3, 0.4) is 0 Å². The van der Waals surface area contributed by atoms with E-state index < -0.39 is 0 Å². The highest BCUT2D eigenvalue weighted by Gasteiger charge is 2.14. The standard InChI is InChI=1S/C19H24O2/c1-6-16(19(3,4)5)9-7-8-14(2)18(21)15-10-12-17(20)13-11-15/h6-8,10-13,20H,2,9H2,1,3-5H3/b8-7-,16-6+. The molecule has 0 radical (unpaired) electrons. The zero-order chi connectivity index (χ0) is 16.0. The fourth-order valence-electron chi connectivity index (χ4n) is 2.06. The van der Waals surface area contributed by atoms with Crippen molar-refractivity contribution < 1.29 is 9.90 Å². The Morgan fingerprint density at radius 1 is 1.24 bits per heavy atom. The van der Waals surface area contributed by atoms with E-state index in [1.54, 1.807) is 18.2 Å². The molecule has 0 spiro atoms. The molecule has 1 aromatic carbocycles. The predicted molar refractivity (Wildman–Crippen MR) is 88.5 cm³/mol. The summed E-state index contributed by atoms with van der Waals surface area (Å²) >= 11 is 0. The molecule has 2 nitrogen and oxygen atoms in total. The fraction of sp³-hybridized carbons (Fsp3) is 0.316. The molecule has 0 aliphatic carbocycles. The first-order chi connectivity index (χ1) is 9.75. The van der Waals surface area contributed by atoms with E-state index in [4.69, 9.17) is 0 Å². The van der Waals surface area contributed by atoms with Crippen molar-refractivity contribution in [2.75, 3.05) is 0 Å². The number of hydrogen-bond acceptors (Lipinski definition) is 2. The van der Waals surface area contributed by atoms with Crippen LogP contribution in [0.15, 0.2) is 60.2 Å². The normalized spacial score (nSPS) is 12.7. The number of hydrogen-bond donors (Lipinski definition) is 1. The van der Waals surface area contributed by atoms with Crippen molar-refractivity contribution in [2.24, 2.45) is 5.41 Å². The van der Waals surface area contributed by atoms with E-state index >= 15 is 0 Å². The number of rotatable bonds is 5. The lowest BCUT2D eigenvalue weighted by Gasteiger charge is -2.21. The van der Waals surface area contributed by atoms with Gasteiger partial charge in [-0.2, -0.15) is 0 Å². The number of carbonyl (C=O) groups is 1. The SMILES string of the molecule is C=C(/C=C\C/C(=C\C)C(C)(C)C)C(=O)c1ccc(O)cc1. The second kappa shape index (κ2) is 7.07. The number of phenolic OH excluding ortho intramolecular Hbond substituents is 1. The summed E-state index contributed by atoms with van der Waals surface area (Å²) in [6, 6.07) is 6.20. The van der Waals surface area contributed by atoms with Crippen LogP contribution in [0.1, 0.15) is 44.5 Å². The van der Waals surface area contributed by atoms with Crippen LogP contribution in [-0.4, -0.2) is 10.9 Å². The van der Waals surface area contributed by atoms with Crippen LogP contribution in [0.5, 0.6) is 5.75 Å². The number of aromatic hydroxyl groups is 1. The number of ketones is 1. The largest absolute Gasteiger partial charge is 0.508 e.